The maximum Gasteiger partial charge on any atom is 0.330 e. The van der Waals surface area contributed by atoms with Gasteiger partial charge in [-0.15, -0.1) is 0 Å². The lowest BCUT2D eigenvalue weighted by Gasteiger charge is -2.27. The van der Waals surface area contributed by atoms with Crippen molar-refractivity contribution in [3.8, 4) is 0 Å². The van der Waals surface area contributed by atoms with E-state index in [1.165, 1.54) is 6.08 Å². The molecule has 0 saturated heterocycles. The van der Waals surface area contributed by atoms with Crippen molar-refractivity contribution >= 4 is 23.0 Å². The van der Waals surface area contributed by atoms with Crippen LogP contribution in [0.2, 0.25) is 0 Å². The molecular formula is C19H22N2O3. The number of hydrogen-bond acceptors (Lipinski definition) is 5. The molecule has 24 heavy (non-hydrogen) atoms. The van der Waals surface area contributed by atoms with E-state index < -0.39 is 12.1 Å². The predicted molar refractivity (Wildman–Crippen MR) is 96.1 cm³/mol. The number of aliphatic hydroxyl groups excluding tert-OH is 1. The van der Waals surface area contributed by atoms with Crippen LogP contribution in [0.5, 0.6) is 0 Å². The summed E-state index contributed by atoms with van der Waals surface area (Å²) >= 11 is 0. The SMILES string of the molecule is CC=CC(=O)OCC(O)CN(c1ccccc1)c1ccc(N)cc1. The first-order chi connectivity index (χ1) is 11.6. The summed E-state index contributed by atoms with van der Waals surface area (Å²) in [5.74, 6) is -0.463. The van der Waals surface area contributed by atoms with Gasteiger partial charge in [-0.05, 0) is 43.3 Å². The molecule has 0 fully saturated rings. The summed E-state index contributed by atoms with van der Waals surface area (Å²) in [5.41, 5.74) is 8.25. The van der Waals surface area contributed by atoms with Crippen molar-refractivity contribution in [2.45, 2.75) is 13.0 Å². The third kappa shape index (κ3) is 5.14. The number of carbonyl (C=O) groups is 1. The number of nitrogen functional groups attached to an aromatic ring is 1. The molecule has 1 atom stereocenters. The first-order valence-corrected chi connectivity index (χ1v) is 7.76. The summed E-state index contributed by atoms with van der Waals surface area (Å²) in [6, 6.07) is 17.1. The maximum atomic E-state index is 11.4. The zero-order valence-corrected chi connectivity index (χ0v) is 13.6. The Bertz CT molecular complexity index is 669. The summed E-state index contributed by atoms with van der Waals surface area (Å²) in [4.78, 5) is 13.3. The zero-order chi connectivity index (χ0) is 17.4. The minimum atomic E-state index is -0.822. The van der Waals surface area contributed by atoms with E-state index in [9.17, 15) is 9.90 Å². The molecule has 0 aliphatic rings. The predicted octanol–water partition coefficient (Wildman–Crippen LogP) is 2.89. The van der Waals surface area contributed by atoms with Gasteiger partial charge in [0, 0.05) is 23.1 Å². The van der Waals surface area contributed by atoms with Crippen molar-refractivity contribution in [1.82, 2.24) is 0 Å². The van der Waals surface area contributed by atoms with Gasteiger partial charge in [-0.25, -0.2) is 4.79 Å². The number of benzene rings is 2. The number of hydrogen-bond donors (Lipinski definition) is 2. The Hall–Kier alpha value is -2.79. The zero-order valence-electron chi connectivity index (χ0n) is 13.6. The van der Waals surface area contributed by atoms with Gasteiger partial charge in [-0.3, -0.25) is 0 Å². The number of nitrogens with zero attached hydrogens (tertiary/aromatic N) is 1. The quantitative estimate of drug-likeness (QED) is 0.465. The van der Waals surface area contributed by atoms with Gasteiger partial charge >= 0.3 is 5.97 Å². The van der Waals surface area contributed by atoms with Crippen LogP contribution in [-0.4, -0.2) is 30.3 Å². The van der Waals surface area contributed by atoms with Gasteiger partial charge in [0.25, 0.3) is 0 Å². The number of rotatable bonds is 7. The van der Waals surface area contributed by atoms with Crippen LogP contribution in [0, 0.1) is 0 Å². The number of allylic oxidation sites excluding steroid dienone is 1. The Morgan fingerprint density at radius 2 is 1.79 bits per heavy atom. The molecule has 2 aromatic carbocycles. The van der Waals surface area contributed by atoms with E-state index in [4.69, 9.17) is 10.5 Å². The highest BCUT2D eigenvalue weighted by atomic mass is 16.5. The summed E-state index contributed by atoms with van der Waals surface area (Å²) in [6.07, 6.45) is 2.10. The number of anilines is 3. The van der Waals surface area contributed by atoms with Crippen molar-refractivity contribution in [2.24, 2.45) is 0 Å². The fraction of sp³-hybridized carbons (Fsp3) is 0.211. The van der Waals surface area contributed by atoms with Crippen molar-refractivity contribution in [3.05, 3.63) is 66.7 Å². The van der Waals surface area contributed by atoms with Crippen molar-refractivity contribution in [2.75, 3.05) is 23.8 Å². The fourth-order valence-corrected chi connectivity index (χ4v) is 2.25. The lowest BCUT2D eigenvalue weighted by atomic mass is 10.2. The van der Waals surface area contributed by atoms with Crippen LogP contribution in [-0.2, 0) is 9.53 Å². The van der Waals surface area contributed by atoms with Crippen LogP contribution < -0.4 is 10.6 Å². The molecule has 0 aromatic heterocycles. The fourth-order valence-electron chi connectivity index (χ4n) is 2.25. The Kier molecular flexibility index (Phi) is 6.40. The molecule has 0 radical (unpaired) electrons. The highest BCUT2D eigenvalue weighted by Gasteiger charge is 2.15. The van der Waals surface area contributed by atoms with E-state index in [0.29, 0.717) is 5.69 Å². The Balaban J connectivity index is 2.11. The average molecular weight is 326 g/mol. The van der Waals surface area contributed by atoms with Crippen molar-refractivity contribution in [3.63, 3.8) is 0 Å². The smallest absolute Gasteiger partial charge is 0.330 e. The van der Waals surface area contributed by atoms with Crippen LogP contribution in [0.25, 0.3) is 0 Å². The summed E-state index contributed by atoms with van der Waals surface area (Å²) in [6.45, 7) is 1.95. The second kappa shape index (κ2) is 8.74. The Morgan fingerprint density at radius 3 is 2.42 bits per heavy atom. The summed E-state index contributed by atoms with van der Waals surface area (Å²) in [5, 5.41) is 10.2. The van der Waals surface area contributed by atoms with E-state index in [2.05, 4.69) is 0 Å². The molecule has 0 spiro atoms. The number of esters is 1. The van der Waals surface area contributed by atoms with Gasteiger partial charge in [0.15, 0.2) is 0 Å². The molecule has 2 rings (SSSR count). The van der Waals surface area contributed by atoms with E-state index >= 15 is 0 Å². The van der Waals surface area contributed by atoms with Gasteiger partial charge in [0.1, 0.15) is 12.7 Å². The molecular weight excluding hydrogens is 304 g/mol. The van der Waals surface area contributed by atoms with Crippen LogP contribution in [0.1, 0.15) is 6.92 Å². The molecule has 0 bridgehead atoms. The monoisotopic (exact) mass is 326 g/mol. The molecule has 0 aliphatic heterocycles. The maximum absolute atomic E-state index is 11.4. The van der Waals surface area contributed by atoms with Crippen LogP contribution >= 0.6 is 0 Å². The molecule has 5 nitrogen and oxygen atoms in total. The number of nitrogens with two attached hydrogens (primary N) is 1. The number of para-hydroxylation sites is 1. The standard InChI is InChI=1S/C19H22N2O3/c1-2-6-19(23)24-14-18(22)13-21(16-7-4-3-5-8-16)17-11-9-15(20)10-12-17/h2-12,18,22H,13-14,20H2,1H3. The number of aliphatic hydroxyl groups is 1. The average Bonchev–Trinajstić information content (AvgIpc) is 2.60. The van der Waals surface area contributed by atoms with Gasteiger partial charge in [0.2, 0.25) is 0 Å². The second-order valence-corrected chi connectivity index (χ2v) is 5.32. The highest BCUT2D eigenvalue weighted by molar-refractivity contribution is 5.81. The van der Waals surface area contributed by atoms with E-state index in [1.54, 1.807) is 13.0 Å². The molecule has 0 heterocycles. The summed E-state index contributed by atoms with van der Waals surface area (Å²) < 4.78 is 5.01. The van der Waals surface area contributed by atoms with Gasteiger partial charge in [0.05, 0.1) is 6.54 Å². The van der Waals surface area contributed by atoms with Crippen LogP contribution in [0.15, 0.2) is 66.7 Å². The Labute approximate surface area is 142 Å². The molecule has 2 aromatic rings. The third-order valence-corrected chi connectivity index (χ3v) is 3.39. The van der Waals surface area contributed by atoms with Crippen LogP contribution in [0.4, 0.5) is 17.1 Å². The van der Waals surface area contributed by atoms with E-state index in [-0.39, 0.29) is 13.2 Å². The lowest BCUT2D eigenvalue weighted by molar-refractivity contribution is -0.140. The van der Waals surface area contributed by atoms with Crippen molar-refractivity contribution < 1.29 is 14.6 Å². The third-order valence-electron chi connectivity index (χ3n) is 3.39. The molecule has 0 aliphatic carbocycles. The van der Waals surface area contributed by atoms with Gasteiger partial charge < -0.3 is 20.5 Å². The van der Waals surface area contributed by atoms with Gasteiger partial charge in [-0.2, -0.15) is 0 Å². The van der Waals surface area contributed by atoms with Gasteiger partial charge in [-0.1, -0.05) is 24.3 Å². The van der Waals surface area contributed by atoms with Crippen molar-refractivity contribution in [1.29, 1.82) is 0 Å². The minimum absolute atomic E-state index is 0.0680. The van der Waals surface area contributed by atoms with E-state index in [1.807, 2.05) is 59.5 Å². The number of carbonyl (C=O) groups excluding carboxylic acids is 1. The number of ether oxygens (including phenoxy) is 1. The molecule has 3 N–H and O–H groups in total. The second-order valence-electron chi connectivity index (χ2n) is 5.32. The van der Waals surface area contributed by atoms with E-state index in [0.717, 1.165) is 11.4 Å². The first kappa shape index (κ1) is 17.6. The molecule has 5 heteroatoms. The largest absolute Gasteiger partial charge is 0.460 e. The normalized spacial score (nSPS) is 12.1. The molecule has 0 amide bonds. The molecule has 1 unspecified atom stereocenters. The molecule has 0 saturated carbocycles. The topological polar surface area (TPSA) is 75.8 Å². The first-order valence-electron chi connectivity index (χ1n) is 7.76. The highest BCUT2D eigenvalue weighted by Crippen LogP contribution is 2.26. The molecule has 126 valence electrons. The van der Waals surface area contributed by atoms with Crippen LogP contribution in [0.3, 0.4) is 0 Å². The Morgan fingerprint density at radius 1 is 1.17 bits per heavy atom. The minimum Gasteiger partial charge on any atom is -0.460 e. The summed E-state index contributed by atoms with van der Waals surface area (Å²) in [7, 11) is 0. The lowest BCUT2D eigenvalue weighted by Crippen LogP contribution is -2.32.